The highest BCUT2D eigenvalue weighted by Crippen LogP contribution is 2.29. The number of nitrogens with one attached hydrogen (secondary N) is 1. The van der Waals surface area contributed by atoms with Crippen LogP contribution in [0.3, 0.4) is 0 Å². The molecule has 0 amide bonds. The van der Waals surface area contributed by atoms with Crippen LogP contribution < -0.4 is 10.1 Å². The third-order valence-electron chi connectivity index (χ3n) is 2.40. The lowest BCUT2D eigenvalue weighted by atomic mass is 10.2. The molecule has 5 heteroatoms. The molecule has 0 aliphatic heterocycles. The van der Waals surface area contributed by atoms with Crippen LogP contribution >= 0.6 is 11.3 Å². The van der Waals surface area contributed by atoms with E-state index < -0.39 is 0 Å². The van der Waals surface area contributed by atoms with E-state index in [9.17, 15) is 0 Å². The zero-order chi connectivity index (χ0) is 13.7. The van der Waals surface area contributed by atoms with Gasteiger partial charge in [-0.25, -0.2) is 0 Å². The van der Waals surface area contributed by atoms with Gasteiger partial charge in [0, 0.05) is 12.1 Å². The van der Waals surface area contributed by atoms with Crippen LogP contribution in [-0.4, -0.2) is 22.8 Å². The molecule has 2 aromatic rings. The predicted octanol–water partition coefficient (Wildman–Crippen LogP) is 3.81. The van der Waals surface area contributed by atoms with Gasteiger partial charge in [-0.2, -0.15) is 0 Å². The van der Waals surface area contributed by atoms with Crippen molar-refractivity contribution in [3.8, 4) is 16.3 Å². The Balaban J connectivity index is 2.14. The second kappa shape index (κ2) is 6.52. The highest BCUT2D eigenvalue weighted by molar-refractivity contribution is 7.18. The summed E-state index contributed by atoms with van der Waals surface area (Å²) >= 11 is 1.56. The van der Waals surface area contributed by atoms with Crippen molar-refractivity contribution in [1.29, 1.82) is 0 Å². The second-order valence-electron chi connectivity index (χ2n) is 4.53. The fourth-order valence-corrected chi connectivity index (χ4v) is 2.38. The Morgan fingerprint density at radius 3 is 2.89 bits per heavy atom. The second-order valence-corrected chi connectivity index (χ2v) is 5.51. The van der Waals surface area contributed by atoms with Crippen molar-refractivity contribution in [2.45, 2.75) is 33.3 Å². The van der Waals surface area contributed by atoms with Gasteiger partial charge in [0.2, 0.25) is 5.13 Å². The standard InChI is InChI=1S/C14H19N3OS/c1-4-8-15-14-17-16-13(19-14)11-6-5-7-12(9-11)18-10(2)3/h5-7,9-10H,4,8H2,1-3H3,(H,15,17). The van der Waals surface area contributed by atoms with Crippen molar-refractivity contribution in [3.63, 3.8) is 0 Å². The quantitative estimate of drug-likeness (QED) is 0.872. The van der Waals surface area contributed by atoms with E-state index in [1.165, 1.54) is 0 Å². The van der Waals surface area contributed by atoms with E-state index in [4.69, 9.17) is 4.74 Å². The number of rotatable bonds is 6. The van der Waals surface area contributed by atoms with E-state index in [2.05, 4.69) is 22.4 Å². The lowest BCUT2D eigenvalue weighted by molar-refractivity contribution is 0.242. The largest absolute Gasteiger partial charge is 0.491 e. The molecule has 2 rings (SSSR count). The Labute approximate surface area is 117 Å². The fourth-order valence-electron chi connectivity index (χ4n) is 1.62. The van der Waals surface area contributed by atoms with Crippen LogP contribution in [0.1, 0.15) is 27.2 Å². The van der Waals surface area contributed by atoms with Crippen LogP contribution in [0.25, 0.3) is 10.6 Å². The first-order valence-corrected chi connectivity index (χ1v) is 7.35. The van der Waals surface area contributed by atoms with E-state index in [-0.39, 0.29) is 6.10 Å². The molecule has 0 aliphatic rings. The number of hydrogen-bond donors (Lipinski definition) is 1. The molecule has 0 bridgehead atoms. The molecular weight excluding hydrogens is 258 g/mol. The Morgan fingerprint density at radius 2 is 2.16 bits per heavy atom. The van der Waals surface area contributed by atoms with Crippen molar-refractivity contribution < 1.29 is 4.74 Å². The molecule has 1 aromatic heterocycles. The van der Waals surface area contributed by atoms with Gasteiger partial charge in [-0.05, 0) is 32.4 Å². The number of aromatic nitrogens is 2. The van der Waals surface area contributed by atoms with Crippen molar-refractivity contribution >= 4 is 16.5 Å². The molecule has 4 nitrogen and oxygen atoms in total. The molecule has 0 saturated carbocycles. The van der Waals surface area contributed by atoms with Gasteiger partial charge in [-0.1, -0.05) is 30.4 Å². The van der Waals surface area contributed by atoms with Gasteiger partial charge in [0.25, 0.3) is 0 Å². The van der Waals surface area contributed by atoms with Crippen LogP contribution in [0.4, 0.5) is 5.13 Å². The minimum atomic E-state index is 0.173. The van der Waals surface area contributed by atoms with Crippen molar-refractivity contribution in [3.05, 3.63) is 24.3 Å². The average molecular weight is 277 g/mol. The number of benzene rings is 1. The maximum absolute atomic E-state index is 5.69. The van der Waals surface area contributed by atoms with Crippen LogP contribution in [0.2, 0.25) is 0 Å². The molecule has 0 spiro atoms. The maximum atomic E-state index is 5.69. The summed E-state index contributed by atoms with van der Waals surface area (Å²) in [5.41, 5.74) is 1.04. The van der Waals surface area contributed by atoms with E-state index >= 15 is 0 Å². The molecule has 0 aliphatic carbocycles. The Morgan fingerprint density at radius 1 is 1.32 bits per heavy atom. The van der Waals surface area contributed by atoms with Gasteiger partial charge >= 0.3 is 0 Å². The molecular formula is C14H19N3OS. The van der Waals surface area contributed by atoms with Crippen molar-refractivity contribution in [2.24, 2.45) is 0 Å². The molecule has 1 heterocycles. The summed E-state index contributed by atoms with van der Waals surface area (Å²) in [5, 5.41) is 13.4. The van der Waals surface area contributed by atoms with Gasteiger partial charge in [-0.15, -0.1) is 10.2 Å². The number of nitrogens with zero attached hydrogens (tertiary/aromatic N) is 2. The molecule has 0 atom stereocenters. The normalized spacial score (nSPS) is 10.7. The molecule has 0 radical (unpaired) electrons. The third kappa shape index (κ3) is 3.92. The number of hydrogen-bond acceptors (Lipinski definition) is 5. The number of anilines is 1. The fraction of sp³-hybridized carbons (Fsp3) is 0.429. The lowest BCUT2D eigenvalue weighted by Crippen LogP contribution is -2.05. The zero-order valence-electron chi connectivity index (χ0n) is 11.5. The first-order valence-electron chi connectivity index (χ1n) is 6.53. The number of ether oxygens (including phenoxy) is 1. The van der Waals surface area contributed by atoms with E-state index in [1.807, 2.05) is 38.1 Å². The van der Waals surface area contributed by atoms with E-state index in [1.54, 1.807) is 11.3 Å². The highest BCUT2D eigenvalue weighted by Gasteiger charge is 2.07. The summed E-state index contributed by atoms with van der Waals surface area (Å²) in [6.07, 6.45) is 1.25. The first kappa shape index (κ1) is 13.8. The van der Waals surface area contributed by atoms with Gasteiger partial charge in [-0.3, -0.25) is 0 Å². The maximum Gasteiger partial charge on any atom is 0.206 e. The Hall–Kier alpha value is -1.62. The van der Waals surface area contributed by atoms with Crippen LogP contribution in [0, 0.1) is 0 Å². The summed E-state index contributed by atoms with van der Waals surface area (Å²) in [6, 6.07) is 7.97. The van der Waals surface area contributed by atoms with Crippen LogP contribution in [-0.2, 0) is 0 Å². The summed E-state index contributed by atoms with van der Waals surface area (Å²) in [7, 11) is 0. The lowest BCUT2D eigenvalue weighted by Gasteiger charge is -2.09. The molecule has 1 aromatic carbocycles. The topological polar surface area (TPSA) is 47.0 Å². The van der Waals surface area contributed by atoms with E-state index in [0.29, 0.717) is 0 Å². The SMILES string of the molecule is CCCNc1nnc(-c2cccc(OC(C)C)c2)s1. The van der Waals surface area contributed by atoms with Gasteiger partial charge in [0.05, 0.1) is 6.10 Å². The van der Waals surface area contributed by atoms with Crippen molar-refractivity contribution in [1.82, 2.24) is 10.2 Å². The molecule has 1 N–H and O–H groups in total. The first-order chi connectivity index (χ1) is 9.19. The Bertz CT molecular complexity index is 525. The summed E-state index contributed by atoms with van der Waals surface area (Å²) < 4.78 is 5.69. The highest BCUT2D eigenvalue weighted by atomic mass is 32.1. The third-order valence-corrected chi connectivity index (χ3v) is 3.33. The predicted molar refractivity (Wildman–Crippen MR) is 79.9 cm³/mol. The monoisotopic (exact) mass is 277 g/mol. The summed E-state index contributed by atoms with van der Waals surface area (Å²) in [6.45, 7) is 7.08. The molecule has 0 unspecified atom stereocenters. The van der Waals surface area contributed by atoms with E-state index in [0.717, 1.165) is 34.4 Å². The minimum Gasteiger partial charge on any atom is -0.491 e. The van der Waals surface area contributed by atoms with Gasteiger partial charge in [0.15, 0.2) is 0 Å². The molecule has 102 valence electrons. The smallest absolute Gasteiger partial charge is 0.206 e. The van der Waals surface area contributed by atoms with Gasteiger partial charge < -0.3 is 10.1 Å². The molecule has 0 saturated heterocycles. The Kier molecular flexibility index (Phi) is 4.74. The van der Waals surface area contributed by atoms with Crippen LogP contribution in [0.15, 0.2) is 24.3 Å². The van der Waals surface area contributed by atoms with Crippen molar-refractivity contribution in [2.75, 3.05) is 11.9 Å². The summed E-state index contributed by atoms with van der Waals surface area (Å²) in [5.74, 6) is 0.866. The van der Waals surface area contributed by atoms with Gasteiger partial charge in [0.1, 0.15) is 10.8 Å². The summed E-state index contributed by atoms with van der Waals surface area (Å²) in [4.78, 5) is 0. The minimum absolute atomic E-state index is 0.173. The zero-order valence-corrected chi connectivity index (χ0v) is 12.3. The molecule has 19 heavy (non-hydrogen) atoms. The van der Waals surface area contributed by atoms with Crippen LogP contribution in [0.5, 0.6) is 5.75 Å². The average Bonchev–Trinajstić information content (AvgIpc) is 2.84. The molecule has 0 fully saturated rings.